The van der Waals surface area contributed by atoms with Gasteiger partial charge in [0.15, 0.2) is 5.96 Å². The van der Waals surface area contributed by atoms with Gasteiger partial charge in [0.2, 0.25) is 0 Å². The highest BCUT2D eigenvalue weighted by atomic mass is 127. The molecule has 1 aromatic rings. The summed E-state index contributed by atoms with van der Waals surface area (Å²) in [7, 11) is 1.82. The number of thiazole rings is 1. The Morgan fingerprint density at radius 1 is 1.36 bits per heavy atom. The summed E-state index contributed by atoms with van der Waals surface area (Å²) in [4.78, 5) is 8.74. The predicted molar refractivity (Wildman–Crippen MR) is 112 cm³/mol. The maximum absolute atomic E-state index is 4.49. The molecule has 1 heterocycles. The van der Waals surface area contributed by atoms with Crippen LogP contribution in [0.15, 0.2) is 10.4 Å². The van der Waals surface area contributed by atoms with Gasteiger partial charge >= 0.3 is 0 Å². The molecule has 0 atom stereocenters. The minimum absolute atomic E-state index is 0. The number of rotatable bonds is 8. The Morgan fingerprint density at radius 3 is 2.64 bits per heavy atom. The molecule has 0 amide bonds. The molecule has 0 aromatic carbocycles. The average Bonchev–Trinajstić information content (AvgIpc) is 2.87. The second-order valence-corrected chi connectivity index (χ2v) is 8.11. The van der Waals surface area contributed by atoms with Gasteiger partial charge in [-0.05, 0) is 46.3 Å². The van der Waals surface area contributed by atoms with Gasteiger partial charge in [-0.2, -0.15) is 11.8 Å². The van der Waals surface area contributed by atoms with Crippen LogP contribution in [0.2, 0.25) is 0 Å². The lowest BCUT2D eigenvalue weighted by Gasteiger charge is -2.23. The first kappa shape index (κ1) is 22.0. The molecule has 4 nitrogen and oxygen atoms in total. The number of hydrogen-bond donors (Lipinski definition) is 2. The summed E-state index contributed by atoms with van der Waals surface area (Å²) in [6.45, 7) is 8.37. The smallest absolute Gasteiger partial charge is 0.191 e. The molecule has 0 saturated carbocycles. The number of thioether (sulfide) groups is 1. The highest BCUT2D eigenvalue weighted by molar-refractivity contribution is 14.0. The molecule has 1 rings (SSSR count). The highest BCUT2D eigenvalue weighted by Gasteiger charge is 2.15. The fourth-order valence-corrected chi connectivity index (χ4v) is 2.75. The van der Waals surface area contributed by atoms with Gasteiger partial charge < -0.3 is 10.6 Å². The lowest BCUT2D eigenvalue weighted by atomic mass is 10.2. The van der Waals surface area contributed by atoms with Gasteiger partial charge in [-0.15, -0.1) is 35.3 Å². The fourth-order valence-electron chi connectivity index (χ4n) is 1.71. The second kappa shape index (κ2) is 11.5. The molecule has 1 aromatic heterocycles. The number of halogens is 1. The molecular formula is C15H29IN4S2. The molecule has 0 unspecified atom stereocenters. The number of hydrogen-bond acceptors (Lipinski definition) is 4. The van der Waals surface area contributed by atoms with E-state index >= 15 is 0 Å². The van der Waals surface area contributed by atoms with Gasteiger partial charge in [0.05, 0.1) is 5.01 Å². The number of aromatic nitrogens is 1. The molecular weight excluding hydrogens is 427 g/mol. The third-order valence-corrected chi connectivity index (χ3v) is 5.51. The lowest BCUT2D eigenvalue weighted by molar-refractivity contribution is 0.651. The van der Waals surface area contributed by atoms with E-state index in [1.807, 2.05) is 25.7 Å². The van der Waals surface area contributed by atoms with Crippen LogP contribution in [0.25, 0.3) is 0 Å². The van der Waals surface area contributed by atoms with Crippen LogP contribution in [0.4, 0.5) is 0 Å². The summed E-state index contributed by atoms with van der Waals surface area (Å²) in [5, 5.41) is 10.1. The first-order valence-corrected chi connectivity index (χ1v) is 9.48. The Labute approximate surface area is 160 Å². The Balaban J connectivity index is 0.00000441. The summed E-state index contributed by atoms with van der Waals surface area (Å²) < 4.78 is 0.223. The summed E-state index contributed by atoms with van der Waals surface area (Å²) in [5.41, 5.74) is 1.13. The van der Waals surface area contributed by atoms with Crippen molar-refractivity contribution in [3.8, 4) is 0 Å². The third-order valence-electron chi connectivity index (χ3n) is 3.23. The van der Waals surface area contributed by atoms with Crippen molar-refractivity contribution in [1.29, 1.82) is 0 Å². The molecule has 22 heavy (non-hydrogen) atoms. The standard InChI is InChI=1S/C15H28N4S2.HI/c1-12-10-21-13(19-12)8-6-7-9-17-14(16-4)18-11-15(2,3)20-5;/h10H,6-9,11H2,1-5H3,(H2,16,17,18);1H. The molecule has 128 valence electrons. The molecule has 0 aliphatic carbocycles. The zero-order valence-electron chi connectivity index (χ0n) is 14.2. The van der Waals surface area contributed by atoms with E-state index in [4.69, 9.17) is 0 Å². The Kier molecular flexibility index (Phi) is 11.5. The topological polar surface area (TPSA) is 49.3 Å². The summed E-state index contributed by atoms with van der Waals surface area (Å²) >= 11 is 3.62. The molecule has 0 spiro atoms. The van der Waals surface area contributed by atoms with E-state index in [1.54, 1.807) is 11.3 Å². The zero-order valence-corrected chi connectivity index (χ0v) is 18.2. The van der Waals surface area contributed by atoms with E-state index in [0.29, 0.717) is 0 Å². The minimum Gasteiger partial charge on any atom is -0.356 e. The second-order valence-electron chi connectivity index (χ2n) is 5.66. The molecule has 0 saturated heterocycles. The van der Waals surface area contributed by atoms with Crippen molar-refractivity contribution in [2.45, 2.75) is 44.8 Å². The third kappa shape index (κ3) is 9.19. The van der Waals surface area contributed by atoms with Crippen LogP contribution in [0.1, 0.15) is 37.4 Å². The van der Waals surface area contributed by atoms with Crippen LogP contribution in [0.3, 0.4) is 0 Å². The molecule has 0 radical (unpaired) electrons. The normalized spacial score (nSPS) is 12.0. The minimum atomic E-state index is 0. The van der Waals surface area contributed by atoms with E-state index in [-0.39, 0.29) is 28.7 Å². The number of nitrogens with zero attached hydrogens (tertiary/aromatic N) is 2. The first-order valence-electron chi connectivity index (χ1n) is 7.37. The van der Waals surface area contributed by atoms with Crippen molar-refractivity contribution in [3.63, 3.8) is 0 Å². The number of nitrogens with one attached hydrogen (secondary N) is 2. The molecule has 7 heteroatoms. The van der Waals surface area contributed by atoms with Gasteiger partial charge in [-0.1, -0.05) is 0 Å². The molecule has 0 aliphatic rings. The van der Waals surface area contributed by atoms with Crippen LogP contribution in [-0.4, -0.2) is 42.1 Å². The van der Waals surface area contributed by atoms with Crippen molar-refractivity contribution < 1.29 is 0 Å². The molecule has 0 aliphatic heterocycles. The van der Waals surface area contributed by atoms with Gasteiger partial charge in [-0.25, -0.2) is 4.98 Å². The van der Waals surface area contributed by atoms with Crippen LogP contribution >= 0.6 is 47.1 Å². The quantitative estimate of drug-likeness (QED) is 0.271. The van der Waals surface area contributed by atoms with Crippen molar-refractivity contribution in [2.24, 2.45) is 4.99 Å². The fraction of sp³-hybridized carbons (Fsp3) is 0.733. The monoisotopic (exact) mass is 456 g/mol. The van der Waals surface area contributed by atoms with Gasteiger partial charge in [-0.3, -0.25) is 4.99 Å². The number of aryl methyl sites for hydroxylation is 2. The van der Waals surface area contributed by atoms with Crippen LogP contribution in [0.5, 0.6) is 0 Å². The number of aliphatic imine (C=N–C) groups is 1. The van der Waals surface area contributed by atoms with Crippen LogP contribution in [0, 0.1) is 6.92 Å². The largest absolute Gasteiger partial charge is 0.356 e. The van der Waals surface area contributed by atoms with E-state index in [0.717, 1.165) is 44.0 Å². The average molecular weight is 456 g/mol. The molecule has 2 N–H and O–H groups in total. The first-order chi connectivity index (χ1) is 9.96. The SMILES string of the molecule is CN=C(NCCCCc1nc(C)cs1)NCC(C)(C)SC.I. The Morgan fingerprint density at radius 2 is 2.09 bits per heavy atom. The Hall–Kier alpha value is -0.0200. The van der Waals surface area contributed by atoms with Crippen LogP contribution < -0.4 is 10.6 Å². The number of unbranched alkanes of at least 4 members (excludes halogenated alkanes) is 1. The van der Waals surface area contributed by atoms with Crippen molar-refractivity contribution in [2.75, 3.05) is 26.4 Å². The highest BCUT2D eigenvalue weighted by Crippen LogP contribution is 2.19. The molecule has 0 bridgehead atoms. The zero-order chi connectivity index (χ0) is 15.7. The van der Waals surface area contributed by atoms with E-state index in [1.165, 1.54) is 5.01 Å². The maximum Gasteiger partial charge on any atom is 0.191 e. The Bertz CT molecular complexity index is 447. The van der Waals surface area contributed by atoms with Gasteiger partial charge in [0.1, 0.15) is 0 Å². The predicted octanol–water partition coefficient (Wildman–Crippen LogP) is 3.70. The van der Waals surface area contributed by atoms with Crippen molar-refractivity contribution in [1.82, 2.24) is 15.6 Å². The maximum atomic E-state index is 4.49. The van der Waals surface area contributed by atoms with Crippen LogP contribution in [-0.2, 0) is 6.42 Å². The summed E-state index contributed by atoms with van der Waals surface area (Å²) in [6, 6.07) is 0. The van der Waals surface area contributed by atoms with Crippen molar-refractivity contribution in [3.05, 3.63) is 16.1 Å². The van der Waals surface area contributed by atoms with Crippen molar-refractivity contribution >= 4 is 53.0 Å². The van der Waals surface area contributed by atoms with Gasteiger partial charge in [0, 0.05) is 36.0 Å². The number of guanidine groups is 1. The van der Waals surface area contributed by atoms with E-state index in [2.05, 4.69) is 46.1 Å². The lowest BCUT2D eigenvalue weighted by Crippen LogP contribution is -2.43. The molecule has 0 fully saturated rings. The van der Waals surface area contributed by atoms with E-state index in [9.17, 15) is 0 Å². The summed E-state index contributed by atoms with van der Waals surface area (Å²) in [6.07, 6.45) is 5.50. The summed E-state index contributed by atoms with van der Waals surface area (Å²) in [5.74, 6) is 0.891. The van der Waals surface area contributed by atoms with Gasteiger partial charge in [0.25, 0.3) is 0 Å². The van der Waals surface area contributed by atoms with E-state index < -0.39 is 0 Å².